The van der Waals surface area contributed by atoms with Crippen molar-refractivity contribution in [2.75, 3.05) is 26.8 Å². The van der Waals surface area contributed by atoms with Crippen LogP contribution in [0.15, 0.2) is 15.9 Å². The van der Waals surface area contributed by atoms with E-state index in [0.717, 1.165) is 19.1 Å². The van der Waals surface area contributed by atoms with Gasteiger partial charge in [0.25, 0.3) is 0 Å². The third-order valence-corrected chi connectivity index (χ3v) is 4.79. The molecule has 90 valence electrons. The molecule has 1 aliphatic heterocycles. The Morgan fingerprint density at radius 2 is 2.25 bits per heavy atom. The number of rotatable bonds is 4. The van der Waals surface area contributed by atoms with E-state index in [1.165, 1.54) is 35.3 Å². The zero-order valence-corrected chi connectivity index (χ0v) is 12.0. The van der Waals surface area contributed by atoms with E-state index in [1.54, 1.807) is 7.11 Å². The number of hydrogen-bond acceptors (Lipinski definition) is 3. The van der Waals surface area contributed by atoms with Crippen LogP contribution in [0.2, 0.25) is 0 Å². The molecule has 1 aromatic heterocycles. The lowest BCUT2D eigenvalue weighted by Crippen LogP contribution is -2.34. The van der Waals surface area contributed by atoms with Gasteiger partial charge in [-0.15, -0.1) is 11.3 Å². The summed E-state index contributed by atoms with van der Waals surface area (Å²) >= 11 is 5.34. The molecule has 1 saturated heterocycles. The predicted octanol–water partition coefficient (Wildman–Crippen LogP) is 3.37. The Labute approximate surface area is 110 Å². The SMILES string of the molecule is COCC1CCN(Cc2cc(Br)cs2)CC1. The quantitative estimate of drug-likeness (QED) is 0.845. The molecule has 1 fully saturated rings. The molecular weight excluding hydrogens is 286 g/mol. The fourth-order valence-corrected chi connectivity index (χ4v) is 3.70. The number of likely N-dealkylation sites (tertiary alicyclic amines) is 1. The summed E-state index contributed by atoms with van der Waals surface area (Å²) in [4.78, 5) is 4.00. The smallest absolute Gasteiger partial charge is 0.0491 e. The maximum atomic E-state index is 5.22. The van der Waals surface area contributed by atoms with Crippen LogP contribution in [0, 0.1) is 5.92 Å². The largest absolute Gasteiger partial charge is 0.384 e. The van der Waals surface area contributed by atoms with Crippen molar-refractivity contribution in [3.8, 4) is 0 Å². The molecule has 0 bridgehead atoms. The van der Waals surface area contributed by atoms with Gasteiger partial charge in [-0.05, 0) is 53.8 Å². The normalized spacial score (nSPS) is 19.1. The molecule has 0 N–H and O–H groups in total. The second-order valence-corrected chi connectivity index (χ2v) is 6.32. The maximum absolute atomic E-state index is 5.22. The molecule has 0 aromatic carbocycles. The van der Waals surface area contributed by atoms with Crippen molar-refractivity contribution in [1.82, 2.24) is 4.90 Å². The van der Waals surface area contributed by atoms with Gasteiger partial charge >= 0.3 is 0 Å². The number of hydrogen-bond donors (Lipinski definition) is 0. The molecule has 16 heavy (non-hydrogen) atoms. The lowest BCUT2D eigenvalue weighted by Gasteiger charge is -2.31. The molecule has 0 saturated carbocycles. The zero-order chi connectivity index (χ0) is 11.4. The monoisotopic (exact) mass is 303 g/mol. The first-order valence-corrected chi connectivity index (χ1v) is 7.39. The van der Waals surface area contributed by atoms with Gasteiger partial charge in [-0.25, -0.2) is 0 Å². The highest BCUT2D eigenvalue weighted by atomic mass is 79.9. The molecule has 4 heteroatoms. The molecule has 0 amide bonds. The van der Waals surface area contributed by atoms with Crippen molar-refractivity contribution < 1.29 is 4.74 Å². The molecular formula is C12H18BrNOS. The summed E-state index contributed by atoms with van der Waals surface area (Å²) in [6, 6.07) is 2.23. The van der Waals surface area contributed by atoms with Gasteiger partial charge in [0.05, 0.1) is 0 Å². The molecule has 0 aliphatic carbocycles. The van der Waals surface area contributed by atoms with E-state index >= 15 is 0 Å². The summed E-state index contributed by atoms with van der Waals surface area (Å²) in [5.41, 5.74) is 0. The second-order valence-electron chi connectivity index (χ2n) is 4.41. The summed E-state index contributed by atoms with van der Waals surface area (Å²) in [5.74, 6) is 0.774. The Morgan fingerprint density at radius 1 is 1.50 bits per heavy atom. The van der Waals surface area contributed by atoms with Gasteiger partial charge in [-0.3, -0.25) is 4.90 Å². The molecule has 2 rings (SSSR count). The van der Waals surface area contributed by atoms with E-state index in [9.17, 15) is 0 Å². The second kappa shape index (κ2) is 6.15. The predicted molar refractivity (Wildman–Crippen MR) is 71.9 cm³/mol. The third kappa shape index (κ3) is 3.55. The van der Waals surface area contributed by atoms with E-state index < -0.39 is 0 Å². The maximum Gasteiger partial charge on any atom is 0.0491 e. The molecule has 0 radical (unpaired) electrons. The molecule has 1 aliphatic rings. The standard InChI is InChI=1S/C12H18BrNOS/c1-15-8-10-2-4-14(5-3-10)7-12-6-11(13)9-16-12/h6,9-10H,2-5,7-8H2,1H3. The molecule has 0 atom stereocenters. The van der Waals surface area contributed by atoms with Crippen molar-refractivity contribution in [3.63, 3.8) is 0 Å². The van der Waals surface area contributed by atoms with Crippen LogP contribution in [-0.2, 0) is 11.3 Å². The Morgan fingerprint density at radius 3 is 2.81 bits per heavy atom. The highest BCUT2D eigenvalue weighted by molar-refractivity contribution is 9.10. The van der Waals surface area contributed by atoms with Crippen molar-refractivity contribution in [2.24, 2.45) is 5.92 Å². The fourth-order valence-electron chi connectivity index (χ4n) is 2.20. The Bertz CT molecular complexity index is 321. The molecule has 2 heterocycles. The average Bonchev–Trinajstić information content (AvgIpc) is 2.67. The van der Waals surface area contributed by atoms with Gasteiger partial charge in [0.2, 0.25) is 0 Å². The minimum absolute atomic E-state index is 0.774. The van der Waals surface area contributed by atoms with E-state index in [2.05, 4.69) is 32.3 Å². The van der Waals surface area contributed by atoms with Crippen LogP contribution in [0.5, 0.6) is 0 Å². The van der Waals surface area contributed by atoms with E-state index in [1.807, 2.05) is 11.3 Å². The minimum atomic E-state index is 0.774. The topological polar surface area (TPSA) is 12.5 Å². The lowest BCUT2D eigenvalue weighted by atomic mass is 9.98. The van der Waals surface area contributed by atoms with Crippen molar-refractivity contribution >= 4 is 27.3 Å². The van der Waals surface area contributed by atoms with Crippen molar-refractivity contribution in [1.29, 1.82) is 0 Å². The molecule has 1 aromatic rings. The van der Waals surface area contributed by atoms with Crippen LogP contribution in [0.25, 0.3) is 0 Å². The number of halogens is 1. The number of piperidine rings is 1. The van der Waals surface area contributed by atoms with Gasteiger partial charge in [0, 0.05) is 35.0 Å². The minimum Gasteiger partial charge on any atom is -0.384 e. The van der Waals surface area contributed by atoms with Crippen LogP contribution < -0.4 is 0 Å². The highest BCUT2D eigenvalue weighted by Gasteiger charge is 2.19. The first-order chi connectivity index (χ1) is 7.78. The van der Waals surface area contributed by atoms with Gasteiger partial charge < -0.3 is 4.74 Å². The summed E-state index contributed by atoms with van der Waals surface area (Å²) in [6.07, 6.45) is 2.56. The molecule has 0 spiro atoms. The van der Waals surface area contributed by atoms with Gasteiger partial charge in [-0.1, -0.05) is 0 Å². The van der Waals surface area contributed by atoms with E-state index in [0.29, 0.717) is 0 Å². The Hall–Kier alpha value is 0.1000. The van der Waals surface area contributed by atoms with Crippen LogP contribution >= 0.6 is 27.3 Å². The number of nitrogens with zero attached hydrogens (tertiary/aromatic N) is 1. The summed E-state index contributed by atoms with van der Waals surface area (Å²) in [5, 5.41) is 2.16. The van der Waals surface area contributed by atoms with E-state index in [-0.39, 0.29) is 0 Å². The Kier molecular flexibility index (Phi) is 4.82. The van der Waals surface area contributed by atoms with Crippen LogP contribution in [0.3, 0.4) is 0 Å². The van der Waals surface area contributed by atoms with Gasteiger partial charge in [-0.2, -0.15) is 0 Å². The summed E-state index contributed by atoms with van der Waals surface area (Å²) < 4.78 is 6.43. The summed E-state index contributed by atoms with van der Waals surface area (Å²) in [7, 11) is 1.80. The molecule has 2 nitrogen and oxygen atoms in total. The first-order valence-electron chi connectivity index (χ1n) is 5.72. The lowest BCUT2D eigenvalue weighted by molar-refractivity contribution is 0.0972. The third-order valence-electron chi connectivity index (χ3n) is 3.11. The van der Waals surface area contributed by atoms with E-state index in [4.69, 9.17) is 4.74 Å². The van der Waals surface area contributed by atoms with Crippen LogP contribution in [0.4, 0.5) is 0 Å². The fraction of sp³-hybridized carbons (Fsp3) is 0.667. The number of methoxy groups -OCH3 is 1. The van der Waals surface area contributed by atoms with Crippen molar-refractivity contribution in [2.45, 2.75) is 19.4 Å². The van der Waals surface area contributed by atoms with Crippen LogP contribution in [-0.4, -0.2) is 31.7 Å². The Balaban J connectivity index is 1.77. The number of thiophene rings is 1. The zero-order valence-electron chi connectivity index (χ0n) is 9.62. The average molecular weight is 304 g/mol. The van der Waals surface area contributed by atoms with Gasteiger partial charge in [0.15, 0.2) is 0 Å². The highest BCUT2D eigenvalue weighted by Crippen LogP contribution is 2.24. The molecule has 0 unspecified atom stereocenters. The number of ether oxygens (including phenoxy) is 1. The van der Waals surface area contributed by atoms with Gasteiger partial charge in [0.1, 0.15) is 0 Å². The first kappa shape index (κ1) is 12.6. The van der Waals surface area contributed by atoms with Crippen LogP contribution in [0.1, 0.15) is 17.7 Å². The summed E-state index contributed by atoms with van der Waals surface area (Å²) in [6.45, 7) is 4.46. The van der Waals surface area contributed by atoms with Crippen molar-refractivity contribution in [3.05, 3.63) is 20.8 Å².